The second kappa shape index (κ2) is 8.04. The third-order valence-corrected chi connectivity index (χ3v) is 6.92. The van der Waals surface area contributed by atoms with Gasteiger partial charge in [-0.2, -0.15) is 0 Å². The van der Waals surface area contributed by atoms with Gasteiger partial charge in [0.15, 0.2) is 5.16 Å². The van der Waals surface area contributed by atoms with E-state index in [0.717, 1.165) is 37.7 Å². The number of aryl methyl sites for hydroxylation is 2. The predicted molar refractivity (Wildman–Crippen MR) is 117 cm³/mol. The second-order valence-electron chi connectivity index (χ2n) is 6.57. The van der Waals surface area contributed by atoms with Crippen molar-refractivity contribution in [1.82, 2.24) is 14.5 Å². The molecule has 6 nitrogen and oxygen atoms in total. The lowest BCUT2D eigenvalue weighted by molar-refractivity contribution is 0.415. The molecule has 0 N–H and O–H groups in total. The number of rotatable bonds is 6. The molecule has 0 aliphatic rings. The van der Waals surface area contributed by atoms with E-state index < -0.39 is 0 Å². The molecule has 0 radical (unpaired) electrons. The Bertz CT molecular complexity index is 1220. The normalized spacial score (nSPS) is 11.3. The predicted octanol–water partition coefficient (Wildman–Crippen LogP) is 5.05. The fourth-order valence-corrected chi connectivity index (χ4v) is 5.09. The SMILES string of the molecule is CCn1c(SCc2coc(-c3ccc(OC)cc3)n2)nc2sc(C)c(C)c2c1=O. The van der Waals surface area contributed by atoms with Crippen molar-refractivity contribution in [3.05, 3.63) is 57.0 Å². The fraction of sp³-hybridized carbons (Fsp3) is 0.286. The molecular weight excluding hydrogens is 406 g/mol. The Morgan fingerprint density at radius 3 is 2.66 bits per heavy atom. The van der Waals surface area contributed by atoms with E-state index >= 15 is 0 Å². The lowest BCUT2D eigenvalue weighted by Gasteiger charge is -2.09. The van der Waals surface area contributed by atoms with Gasteiger partial charge in [-0.05, 0) is 50.6 Å². The highest BCUT2D eigenvalue weighted by Crippen LogP contribution is 2.30. The highest BCUT2D eigenvalue weighted by molar-refractivity contribution is 7.98. The first-order valence-electron chi connectivity index (χ1n) is 9.24. The van der Waals surface area contributed by atoms with Crippen LogP contribution in [0.4, 0.5) is 0 Å². The monoisotopic (exact) mass is 427 g/mol. The van der Waals surface area contributed by atoms with E-state index in [-0.39, 0.29) is 5.56 Å². The summed E-state index contributed by atoms with van der Waals surface area (Å²) in [5, 5.41) is 1.45. The van der Waals surface area contributed by atoms with E-state index in [1.807, 2.05) is 45.0 Å². The first-order chi connectivity index (χ1) is 14.0. The Labute approximate surface area is 176 Å². The third kappa shape index (κ3) is 3.70. The number of thiophene rings is 1. The first kappa shape index (κ1) is 19.7. The van der Waals surface area contributed by atoms with E-state index in [1.165, 1.54) is 11.8 Å². The summed E-state index contributed by atoms with van der Waals surface area (Å²) in [6, 6.07) is 7.57. The standard InChI is InChI=1S/C21H21N3O3S2/c1-5-24-20(25)17-12(2)13(3)29-19(17)23-21(24)28-11-15-10-27-18(22-15)14-6-8-16(26-4)9-7-14/h6-10H,5,11H2,1-4H3. The first-order valence-corrected chi connectivity index (χ1v) is 11.0. The van der Waals surface area contributed by atoms with Gasteiger partial charge in [0.25, 0.3) is 5.56 Å². The molecule has 29 heavy (non-hydrogen) atoms. The number of ether oxygens (including phenoxy) is 1. The summed E-state index contributed by atoms with van der Waals surface area (Å²) < 4.78 is 12.5. The Kier molecular flexibility index (Phi) is 5.47. The molecule has 0 bridgehead atoms. The lowest BCUT2D eigenvalue weighted by Crippen LogP contribution is -2.22. The molecule has 4 aromatic rings. The molecular formula is C21H21N3O3S2. The van der Waals surface area contributed by atoms with E-state index in [9.17, 15) is 4.79 Å². The number of oxazole rings is 1. The van der Waals surface area contributed by atoms with Crippen LogP contribution in [0.5, 0.6) is 5.75 Å². The minimum absolute atomic E-state index is 0.0286. The number of hydrogen-bond donors (Lipinski definition) is 0. The summed E-state index contributed by atoms with van der Waals surface area (Å²) in [7, 11) is 1.63. The van der Waals surface area contributed by atoms with Gasteiger partial charge in [0, 0.05) is 22.7 Å². The quantitative estimate of drug-likeness (QED) is 0.317. The van der Waals surface area contributed by atoms with Crippen LogP contribution in [0.25, 0.3) is 21.7 Å². The van der Waals surface area contributed by atoms with Crippen molar-refractivity contribution in [3.8, 4) is 17.2 Å². The molecule has 4 rings (SSSR count). The highest BCUT2D eigenvalue weighted by Gasteiger charge is 2.17. The Hall–Kier alpha value is -2.58. The third-order valence-electron chi connectivity index (χ3n) is 4.81. The van der Waals surface area contributed by atoms with Crippen molar-refractivity contribution in [2.24, 2.45) is 0 Å². The van der Waals surface area contributed by atoms with Crippen LogP contribution in [0.2, 0.25) is 0 Å². The Morgan fingerprint density at radius 1 is 1.21 bits per heavy atom. The zero-order valence-corrected chi connectivity index (χ0v) is 18.3. The summed E-state index contributed by atoms with van der Waals surface area (Å²) in [5.41, 5.74) is 2.75. The van der Waals surface area contributed by atoms with Gasteiger partial charge in [0.05, 0.1) is 18.2 Å². The van der Waals surface area contributed by atoms with Crippen molar-refractivity contribution in [2.75, 3.05) is 7.11 Å². The van der Waals surface area contributed by atoms with Crippen LogP contribution >= 0.6 is 23.1 Å². The van der Waals surface area contributed by atoms with E-state index in [4.69, 9.17) is 14.1 Å². The van der Waals surface area contributed by atoms with Crippen molar-refractivity contribution < 1.29 is 9.15 Å². The molecule has 3 heterocycles. The van der Waals surface area contributed by atoms with Gasteiger partial charge in [-0.1, -0.05) is 11.8 Å². The number of hydrogen-bond acceptors (Lipinski definition) is 7. The molecule has 0 aliphatic heterocycles. The summed E-state index contributed by atoms with van der Waals surface area (Å²) in [6.07, 6.45) is 1.65. The van der Waals surface area contributed by atoms with Gasteiger partial charge in [0.1, 0.15) is 16.8 Å². The minimum atomic E-state index is 0.0286. The zero-order valence-electron chi connectivity index (χ0n) is 16.7. The number of nitrogens with zero attached hydrogens (tertiary/aromatic N) is 3. The molecule has 8 heteroatoms. The Morgan fingerprint density at radius 2 is 1.97 bits per heavy atom. The van der Waals surface area contributed by atoms with Crippen LogP contribution in [0, 0.1) is 13.8 Å². The number of aromatic nitrogens is 3. The highest BCUT2D eigenvalue weighted by atomic mass is 32.2. The largest absolute Gasteiger partial charge is 0.497 e. The molecule has 1 aromatic carbocycles. The fourth-order valence-electron chi connectivity index (χ4n) is 3.08. The van der Waals surface area contributed by atoms with Crippen LogP contribution in [-0.4, -0.2) is 21.6 Å². The smallest absolute Gasteiger partial charge is 0.263 e. The maximum absolute atomic E-state index is 12.9. The molecule has 3 aromatic heterocycles. The lowest BCUT2D eigenvalue weighted by atomic mass is 10.2. The van der Waals surface area contributed by atoms with Gasteiger partial charge in [0.2, 0.25) is 5.89 Å². The molecule has 150 valence electrons. The average molecular weight is 428 g/mol. The van der Waals surface area contributed by atoms with E-state index in [2.05, 4.69) is 4.98 Å². The van der Waals surface area contributed by atoms with E-state index in [0.29, 0.717) is 23.3 Å². The van der Waals surface area contributed by atoms with Crippen molar-refractivity contribution in [2.45, 2.75) is 38.2 Å². The second-order valence-corrected chi connectivity index (χ2v) is 8.71. The molecule has 0 fully saturated rings. The summed E-state index contributed by atoms with van der Waals surface area (Å²) in [5.74, 6) is 1.92. The molecule has 0 saturated heterocycles. The number of thioether (sulfide) groups is 1. The van der Waals surface area contributed by atoms with E-state index in [1.54, 1.807) is 29.3 Å². The van der Waals surface area contributed by atoms with Crippen LogP contribution in [0.1, 0.15) is 23.1 Å². The Balaban J connectivity index is 1.58. The van der Waals surface area contributed by atoms with Gasteiger partial charge in [-0.3, -0.25) is 9.36 Å². The molecule has 0 aliphatic carbocycles. The van der Waals surface area contributed by atoms with Crippen molar-refractivity contribution in [1.29, 1.82) is 0 Å². The minimum Gasteiger partial charge on any atom is -0.497 e. The molecule has 0 spiro atoms. The maximum Gasteiger partial charge on any atom is 0.263 e. The molecule has 0 amide bonds. The molecule has 0 atom stereocenters. The van der Waals surface area contributed by atoms with Crippen LogP contribution in [0.15, 0.2) is 44.9 Å². The van der Waals surface area contributed by atoms with Gasteiger partial charge >= 0.3 is 0 Å². The van der Waals surface area contributed by atoms with Gasteiger partial charge < -0.3 is 9.15 Å². The summed E-state index contributed by atoms with van der Waals surface area (Å²) in [4.78, 5) is 24.2. The maximum atomic E-state index is 12.9. The van der Waals surface area contributed by atoms with Crippen LogP contribution < -0.4 is 10.3 Å². The number of methoxy groups -OCH3 is 1. The number of benzene rings is 1. The summed E-state index contributed by atoms with van der Waals surface area (Å²) >= 11 is 3.07. The van der Waals surface area contributed by atoms with Gasteiger partial charge in [-0.25, -0.2) is 9.97 Å². The van der Waals surface area contributed by atoms with Crippen molar-refractivity contribution in [3.63, 3.8) is 0 Å². The topological polar surface area (TPSA) is 70.2 Å². The van der Waals surface area contributed by atoms with Crippen LogP contribution in [0.3, 0.4) is 0 Å². The number of fused-ring (bicyclic) bond motifs is 1. The van der Waals surface area contributed by atoms with Crippen LogP contribution in [-0.2, 0) is 12.3 Å². The average Bonchev–Trinajstić information content (AvgIpc) is 3.31. The molecule has 0 saturated carbocycles. The molecule has 0 unspecified atom stereocenters. The van der Waals surface area contributed by atoms with Crippen molar-refractivity contribution >= 4 is 33.3 Å². The zero-order chi connectivity index (χ0) is 20.5. The van der Waals surface area contributed by atoms with Gasteiger partial charge in [-0.15, -0.1) is 11.3 Å². The summed E-state index contributed by atoms with van der Waals surface area (Å²) in [6.45, 7) is 6.56.